The van der Waals surface area contributed by atoms with Crippen LogP contribution in [0.1, 0.15) is 73.6 Å². The van der Waals surface area contributed by atoms with Crippen LogP contribution in [0.25, 0.3) is 0 Å². The lowest BCUT2D eigenvalue weighted by molar-refractivity contribution is 0.546. The predicted octanol–water partition coefficient (Wildman–Crippen LogP) is 6.58. The highest BCUT2D eigenvalue weighted by molar-refractivity contribution is 8.16. The zero-order valence-electron chi connectivity index (χ0n) is 14.5. The highest BCUT2D eigenvalue weighted by atomic mass is 32.2. The van der Waals surface area contributed by atoms with Gasteiger partial charge in [-0.15, -0.1) is 23.5 Å². The van der Waals surface area contributed by atoms with Crippen LogP contribution in [0, 0.1) is 17.2 Å². The van der Waals surface area contributed by atoms with E-state index < -0.39 is 0 Å². The van der Waals surface area contributed by atoms with Gasteiger partial charge in [0.1, 0.15) is 0 Å². The van der Waals surface area contributed by atoms with Crippen molar-refractivity contribution in [2.24, 2.45) is 5.92 Å². The lowest BCUT2D eigenvalue weighted by atomic mass is 10.0. The predicted molar refractivity (Wildman–Crippen MR) is 105 cm³/mol. The normalized spacial score (nSPS) is 21.1. The van der Waals surface area contributed by atoms with Crippen molar-refractivity contribution in [3.63, 3.8) is 0 Å². The highest BCUT2D eigenvalue weighted by Crippen LogP contribution is 2.46. The van der Waals surface area contributed by atoms with Crippen molar-refractivity contribution in [3.05, 3.63) is 34.9 Å². The molecule has 0 saturated carbocycles. The number of thioether (sulfide) groups is 2. The third-order valence-electron chi connectivity index (χ3n) is 4.51. The van der Waals surface area contributed by atoms with Gasteiger partial charge < -0.3 is 0 Å². The molecule has 3 heteroatoms. The van der Waals surface area contributed by atoms with Crippen LogP contribution in [0.5, 0.6) is 0 Å². The highest BCUT2D eigenvalue weighted by Gasteiger charge is 2.23. The second kappa shape index (κ2) is 10.3. The van der Waals surface area contributed by atoms with E-state index in [1.165, 1.54) is 61.2 Å². The molecule has 0 aliphatic carbocycles. The molecule has 1 saturated heterocycles. The lowest BCUT2D eigenvalue weighted by Crippen LogP contribution is -2.14. The van der Waals surface area contributed by atoms with Gasteiger partial charge in [-0.05, 0) is 53.9 Å². The Balaban J connectivity index is 1.91. The molecule has 0 N–H and O–H groups in total. The third kappa shape index (κ3) is 5.76. The van der Waals surface area contributed by atoms with E-state index in [-0.39, 0.29) is 0 Å². The Morgan fingerprint density at radius 2 is 1.83 bits per heavy atom. The average molecular weight is 348 g/mol. The smallest absolute Gasteiger partial charge is 0.0994 e. The van der Waals surface area contributed by atoms with Crippen LogP contribution in [0.15, 0.2) is 18.2 Å². The van der Waals surface area contributed by atoms with Gasteiger partial charge in [-0.1, -0.05) is 51.7 Å². The maximum Gasteiger partial charge on any atom is 0.0994 e. The number of hydrogen-bond acceptors (Lipinski definition) is 3. The molecule has 0 unspecified atom stereocenters. The Morgan fingerprint density at radius 1 is 1.09 bits per heavy atom. The summed E-state index contributed by atoms with van der Waals surface area (Å²) in [6.07, 6.45) is 8.85. The summed E-state index contributed by atoms with van der Waals surface area (Å²) in [5.74, 6) is 3.44. The first kappa shape index (κ1) is 18.7. The Bertz CT molecular complexity index is 513. The van der Waals surface area contributed by atoms with Crippen LogP contribution in [0.4, 0.5) is 0 Å². The van der Waals surface area contributed by atoms with E-state index in [1.807, 2.05) is 0 Å². The first-order valence-electron chi connectivity index (χ1n) is 9.04. The fourth-order valence-corrected chi connectivity index (χ4v) is 6.16. The molecule has 1 nitrogen and oxygen atoms in total. The Hall–Kier alpha value is -0.590. The number of nitrogens with zero attached hydrogens (tertiary/aromatic N) is 1. The van der Waals surface area contributed by atoms with Gasteiger partial charge in [0.05, 0.1) is 16.2 Å². The summed E-state index contributed by atoms with van der Waals surface area (Å²) in [6.45, 7) is 4.48. The van der Waals surface area contributed by atoms with E-state index in [4.69, 9.17) is 0 Å². The average Bonchev–Trinajstić information content (AvgIpc) is 2.60. The van der Waals surface area contributed by atoms with Gasteiger partial charge in [0.2, 0.25) is 0 Å². The summed E-state index contributed by atoms with van der Waals surface area (Å²) < 4.78 is 0.518. The summed E-state index contributed by atoms with van der Waals surface area (Å²) in [5.41, 5.74) is 3.45. The molecule has 1 fully saturated rings. The minimum absolute atomic E-state index is 0.518. The zero-order valence-corrected chi connectivity index (χ0v) is 16.1. The number of rotatable bonds is 8. The minimum Gasteiger partial charge on any atom is -0.192 e. The molecular formula is C20H29NS2. The van der Waals surface area contributed by atoms with Crippen LogP contribution < -0.4 is 0 Å². The molecule has 0 aromatic heterocycles. The van der Waals surface area contributed by atoms with Crippen LogP contribution in [-0.4, -0.2) is 11.5 Å². The number of nitriles is 1. The monoisotopic (exact) mass is 347 g/mol. The van der Waals surface area contributed by atoms with Crippen molar-refractivity contribution in [2.45, 2.75) is 63.4 Å². The molecule has 1 aliphatic heterocycles. The summed E-state index contributed by atoms with van der Waals surface area (Å²) in [5, 5.41) is 9.44. The van der Waals surface area contributed by atoms with E-state index in [0.717, 1.165) is 17.9 Å². The molecule has 0 bridgehead atoms. The molecule has 0 amide bonds. The Labute approximate surface area is 150 Å². The fraction of sp³-hybridized carbons (Fsp3) is 0.650. The van der Waals surface area contributed by atoms with Crippen molar-refractivity contribution in [2.75, 3.05) is 11.5 Å². The molecule has 1 aliphatic rings. The van der Waals surface area contributed by atoms with Crippen molar-refractivity contribution in [3.8, 4) is 6.07 Å². The first-order chi connectivity index (χ1) is 11.3. The maximum absolute atomic E-state index is 9.44. The Kier molecular flexibility index (Phi) is 8.40. The van der Waals surface area contributed by atoms with Crippen LogP contribution in [0.3, 0.4) is 0 Å². The summed E-state index contributed by atoms with van der Waals surface area (Å²) in [6, 6.07) is 9.00. The standard InChI is InChI=1S/C20H29NS2/c1-3-5-7-8-16-14-22-20(23-15-16)18-11-10-17(9-6-4-2)19(12-18)13-21/h10-12,16,20H,3-9,14-15H2,1-2H3. The SMILES string of the molecule is CCCCCC1CSC(c2ccc(CCCC)c(C#N)c2)SC1. The van der Waals surface area contributed by atoms with E-state index in [9.17, 15) is 5.26 Å². The largest absolute Gasteiger partial charge is 0.192 e. The van der Waals surface area contributed by atoms with Gasteiger partial charge in [0.25, 0.3) is 0 Å². The van der Waals surface area contributed by atoms with Crippen molar-refractivity contribution < 1.29 is 0 Å². The summed E-state index contributed by atoms with van der Waals surface area (Å²) in [7, 11) is 0. The number of aryl methyl sites for hydroxylation is 1. The van der Waals surface area contributed by atoms with Crippen molar-refractivity contribution >= 4 is 23.5 Å². The minimum atomic E-state index is 0.518. The van der Waals surface area contributed by atoms with E-state index >= 15 is 0 Å². The first-order valence-corrected chi connectivity index (χ1v) is 11.1. The molecule has 1 heterocycles. The number of hydrogen-bond donors (Lipinski definition) is 0. The van der Waals surface area contributed by atoms with Gasteiger partial charge in [-0.2, -0.15) is 5.26 Å². The van der Waals surface area contributed by atoms with E-state index in [2.05, 4.69) is 61.6 Å². The second-order valence-corrected chi connectivity index (χ2v) is 9.07. The summed E-state index contributed by atoms with van der Waals surface area (Å²) >= 11 is 4.16. The fourth-order valence-electron chi connectivity index (χ4n) is 3.02. The third-order valence-corrected chi connectivity index (χ3v) is 7.80. The van der Waals surface area contributed by atoms with Crippen molar-refractivity contribution in [1.29, 1.82) is 5.26 Å². The molecule has 0 radical (unpaired) electrons. The topological polar surface area (TPSA) is 23.8 Å². The molecular weight excluding hydrogens is 318 g/mol. The van der Waals surface area contributed by atoms with E-state index in [0.29, 0.717) is 4.58 Å². The number of unbranched alkanes of at least 4 members (excludes halogenated alkanes) is 3. The van der Waals surface area contributed by atoms with Crippen LogP contribution in [0.2, 0.25) is 0 Å². The quantitative estimate of drug-likeness (QED) is 0.496. The molecule has 126 valence electrons. The van der Waals surface area contributed by atoms with Crippen molar-refractivity contribution in [1.82, 2.24) is 0 Å². The Morgan fingerprint density at radius 3 is 2.48 bits per heavy atom. The second-order valence-electron chi connectivity index (χ2n) is 6.49. The van der Waals surface area contributed by atoms with Gasteiger partial charge in [0, 0.05) is 0 Å². The molecule has 0 spiro atoms. The lowest BCUT2D eigenvalue weighted by Gasteiger charge is -2.28. The van der Waals surface area contributed by atoms with Gasteiger partial charge in [-0.3, -0.25) is 0 Å². The molecule has 2 rings (SSSR count). The zero-order chi connectivity index (χ0) is 16.5. The molecule has 1 aromatic carbocycles. The number of benzene rings is 1. The van der Waals surface area contributed by atoms with Crippen LogP contribution in [-0.2, 0) is 6.42 Å². The molecule has 0 atom stereocenters. The maximum atomic E-state index is 9.44. The van der Waals surface area contributed by atoms with E-state index in [1.54, 1.807) is 0 Å². The van der Waals surface area contributed by atoms with Gasteiger partial charge in [0.15, 0.2) is 0 Å². The van der Waals surface area contributed by atoms with Crippen LogP contribution >= 0.6 is 23.5 Å². The van der Waals surface area contributed by atoms with Gasteiger partial charge >= 0.3 is 0 Å². The van der Waals surface area contributed by atoms with Gasteiger partial charge in [-0.25, -0.2) is 0 Å². The molecule has 1 aromatic rings. The molecule has 23 heavy (non-hydrogen) atoms. The summed E-state index contributed by atoms with van der Waals surface area (Å²) in [4.78, 5) is 0.